The van der Waals surface area contributed by atoms with E-state index in [1.54, 1.807) is 12.1 Å². The molecule has 2 rings (SSSR count). The van der Waals surface area contributed by atoms with Gasteiger partial charge in [0.2, 0.25) is 5.91 Å². The van der Waals surface area contributed by atoms with E-state index in [1.165, 1.54) is 0 Å². The Morgan fingerprint density at radius 3 is 1.48 bits per heavy atom. The molecule has 0 saturated carbocycles. The average molecular weight is 660 g/mol. The first kappa shape index (κ1) is 48.9. The fraction of sp³-hybridized carbons (Fsp3) is 0.200. The summed E-state index contributed by atoms with van der Waals surface area (Å²) in [6.45, 7) is -2.03. The molecule has 0 aliphatic heterocycles. The van der Waals surface area contributed by atoms with E-state index in [1.807, 2.05) is 0 Å². The minimum atomic E-state index is -1.88. The second-order valence-electron chi connectivity index (χ2n) is 6.88. The molecule has 0 atom stereocenters. The zero-order valence-electron chi connectivity index (χ0n) is 23.0. The van der Waals surface area contributed by atoms with Gasteiger partial charge in [0, 0.05) is 24.8 Å². The number of amides is 1. The molecule has 0 aromatic carbocycles. The number of carboxylic acid groups (broad SMARTS) is 5. The quantitative estimate of drug-likeness (QED) is 0.207. The van der Waals surface area contributed by atoms with Crippen LogP contribution in [0.5, 0.6) is 0 Å². The molecule has 1 amide bonds. The van der Waals surface area contributed by atoms with Crippen LogP contribution in [0.15, 0.2) is 0 Å². The number of carboxylic acids is 5. The zero-order valence-corrected chi connectivity index (χ0v) is 34.6. The van der Waals surface area contributed by atoms with Gasteiger partial charge in [0.15, 0.2) is 0 Å². The van der Waals surface area contributed by atoms with E-state index in [9.17, 15) is 64.8 Å². The van der Waals surface area contributed by atoms with Crippen LogP contribution in [-0.2, 0) is 32.0 Å². The molecule has 22 heteroatoms. The summed E-state index contributed by atoms with van der Waals surface area (Å²) in [6.07, 6.45) is -2.04. The van der Waals surface area contributed by atoms with Crippen molar-refractivity contribution in [2.24, 2.45) is 0 Å². The Hall–Kier alpha value is 0. The minimum absolute atomic E-state index is 0. The van der Waals surface area contributed by atoms with Crippen LogP contribution in [0.2, 0.25) is 0 Å². The number of carbonyl (C=O) groups excluding carboxylic acids is 6. The molecule has 15 nitrogen and oxygen atoms in total. The van der Waals surface area contributed by atoms with Crippen LogP contribution in [0.4, 0.5) is 10.0 Å². The number of thiophene rings is 2. The summed E-state index contributed by atoms with van der Waals surface area (Å²) in [5.41, 5.74) is -2.14. The van der Waals surface area contributed by atoms with Gasteiger partial charge < -0.3 is 59.7 Å². The third kappa shape index (κ3) is 13.2. The van der Waals surface area contributed by atoms with Gasteiger partial charge in [-0.25, -0.2) is 0 Å². The van der Waals surface area contributed by atoms with Crippen LogP contribution < -0.4 is 184 Å². The number of nitrogens with zero attached hydrogens (tertiary/aromatic N) is 3. The second kappa shape index (κ2) is 22.5. The summed E-state index contributed by atoms with van der Waals surface area (Å²) in [6, 6.07) is 3.10. The number of hydrogen-bond donors (Lipinski definition) is 1. The predicted octanol–water partition coefficient (Wildman–Crippen LogP) is -20.9. The molecule has 0 fully saturated rings. The van der Waals surface area contributed by atoms with Crippen LogP contribution in [0.1, 0.15) is 41.6 Å². The van der Waals surface area contributed by atoms with Crippen LogP contribution in [0.25, 0.3) is 0 Å². The van der Waals surface area contributed by atoms with Crippen molar-refractivity contribution in [1.29, 1.82) is 10.5 Å². The zero-order chi connectivity index (χ0) is 28.0. The summed E-state index contributed by atoms with van der Waals surface area (Å²) in [7, 11) is 0. The number of carbonyl (C=O) groups is 6. The summed E-state index contributed by atoms with van der Waals surface area (Å²) in [5, 5.41) is 76.2. The van der Waals surface area contributed by atoms with Gasteiger partial charge in [0.05, 0.1) is 51.9 Å². The van der Waals surface area contributed by atoms with E-state index in [4.69, 9.17) is 0 Å². The first-order valence-electron chi connectivity index (χ1n) is 9.49. The van der Waals surface area contributed by atoms with Crippen molar-refractivity contribution in [2.45, 2.75) is 12.8 Å². The number of rotatable bonds is 12. The maximum absolute atomic E-state index is 12.7. The third-order valence-electron chi connectivity index (χ3n) is 4.43. The molecular formula is C20H9N4Na5O11S2. The van der Waals surface area contributed by atoms with Crippen LogP contribution in [0, 0.1) is 22.7 Å². The summed E-state index contributed by atoms with van der Waals surface area (Å²) in [4.78, 5) is 68.0. The molecule has 0 unspecified atom stereocenters. The van der Waals surface area contributed by atoms with Crippen LogP contribution in [0.3, 0.4) is 0 Å². The van der Waals surface area contributed by atoms with E-state index >= 15 is 0 Å². The molecule has 2 aromatic heterocycles. The molecule has 0 saturated heterocycles. The predicted molar refractivity (Wildman–Crippen MR) is 110 cm³/mol. The third-order valence-corrected chi connectivity index (χ3v) is 6.83. The largest absolute Gasteiger partial charge is 1.00 e. The minimum Gasteiger partial charge on any atom is -0.550 e. The molecule has 0 radical (unpaired) electrons. The van der Waals surface area contributed by atoms with Crippen molar-refractivity contribution >= 4 is 68.4 Å². The number of nitrogens with one attached hydrogen (secondary N) is 1. The fourth-order valence-corrected chi connectivity index (χ4v) is 5.24. The molecule has 0 aliphatic carbocycles. The van der Waals surface area contributed by atoms with E-state index in [2.05, 4.69) is 5.32 Å². The Labute approximate surface area is 355 Å². The SMILES string of the molecule is N#Cc1c(NC(=O)CN(CC(=O)[O-])c2sc(C(=O)[O-])c(CC(=O)[O-])c2C#N)sc(C(=O)[O-])c1CC(=O)[O-].[Na+].[Na+].[Na+].[Na+].[Na+]. The van der Waals surface area contributed by atoms with Crippen molar-refractivity contribution in [3.05, 3.63) is 32.0 Å². The standard InChI is InChI=1S/C20H14N4O11S2.5Na/c21-3-9-7(1-12(26)27)15(19(32)33)36-17(9)23-11(25)5-24(6-14(30)31)18-10(4-22)8(2-13(28)29)16(37-18)20(34)35;;;;;/h1-2,5-6H2,(H,23,25)(H,26,27)(H,28,29)(H,30,31)(H,32,33)(H,34,35);;;;;/q;5*+1/p-5. The number of nitriles is 2. The normalized spacial score (nSPS) is 8.90. The summed E-state index contributed by atoms with van der Waals surface area (Å²) < 4.78 is 0. The van der Waals surface area contributed by atoms with Gasteiger partial charge in [0.25, 0.3) is 0 Å². The van der Waals surface area contributed by atoms with Gasteiger partial charge in [-0.1, -0.05) is 0 Å². The van der Waals surface area contributed by atoms with E-state index < -0.39 is 104 Å². The Kier molecular flexibility index (Phi) is 26.2. The van der Waals surface area contributed by atoms with E-state index in [0.29, 0.717) is 4.90 Å². The van der Waals surface area contributed by atoms with Gasteiger partial charge in [0.1, 0.15) is 22.1 Å². The molecule has 0 aliphatic rings. The van der Waals surface area contributed by atoms with Crippen molar-refractivity contribution < 1.29 is 202 Å². The van der Waals surface area contributed by atoms with Crippen molar-refractivity contribution in [3.8, 4) is 12.1 Å². The molecule has 2 heterocycles. The van der Waals surface area contributed by atoms with E-state index in [0.717, 1.165) is 0 Å². The van der Waals surface area contributed by atoms with Gasteiger partial charge in [-0.3, -0.25) is 4.79 Å². The van der Waals surface area contributed by atoms with Gasteiger partial charge in [-0.05, 0) is 11.1 Å². The van der Waals surface area contributed by atoms with Crippen molar-refractivity contribution in [2.75, 3.05) is 23.3 Å². The second-order valence-corrected chi connectivity index (χ2v) is 8.90. The van der Waals surface area contributed by atoms with Crippen LogP contribution >= 0.6 is 22.7 Å². The number of anilines is 2. The molecule has 192 valence electrons. The first-order valence-corrected chi connectivity index (χ1v) is 11.1. The first-order chi connectivity index (χ1) is 17.3. The molecular weight excluding hydrogens is 651 g/mol. The van der Waals surface area contributed by atoms with Crippen molar-refractivity contribution in [3.63, 3.8) is 0 Å². The smallest absolute Gasteiger partial charge is 0.550 e. The fourth-order valence-electron chi connectivity index (χ4n) is 3.11. The summed E-state index contributed by atoms with van der Waals surface area (Å²) in [5.74, 6) is -10.1. The molecule has 0 spiro atoms. The number of hydrogen-bond acceptors (Lipinski definition) is 16. The Balaban J connectivity index is -0.00000144. The molecule has 1 N–H and O–H groups in total. The maximum atomic E-state index is 12.7. The Morgan fingerprint density at radius 1 is 0.667 bits per heavy atom. The Morgan fingerprint density at radius 2 is 1.10 bits per heavy atom. The number of aliphatic carboxylic acids is 3. The molecule has 42 heavy (non-hydrogen) atoms. The van der Waals surface area contributed by atoms with E-state index in [-0.39, 0.29) is 170 Å². The topological polar surface area (TPSA) is 281 Å². The summed E-state index contributed by atoms with van der Waals surface area (Å²) >= 11 is 0.544. The van der Waals surface area contributed by atoms with Crippen molar-refractivity contribution in [1.82, 2.24) is 0 Å². The molecule has 2 aromatic rings. The number of aromatic carboxylic acids is 2. The molecule has 0 bridgehead atoms. The Bertz CT molecular complexity index is 1430. The van der Waals surface area contributed by atoms with Gasteiger partial charge in [-0.15, -0.1) is 22.7 Å². The van der Waals surface area contributed by atoms with Gasteiger partial charge in [-0.2, -0.15) is 10.5 Å². The maximum Gasteiger partial charge on any atom is 1.00 e. The van der Waals surface area contributed by atoms with Crippen LogP contribution in [-0.4, -0.2) is 48.8 Å². The monoisotopic (exact) mass is 660 g/mol. The van der Waals surface area contributed by atoms with Gasteiger partial charge >= 0.3 is 148 Å². The average Bonchev–Trinajstić information content (AvgIpc) is 3.29.